The zero-order valence-corrected chi connectivity index (χ0v) is 12.2. The van der Waals surface area contributed by atoms with E-state index in [1.54, 1.807) is 0 Å². The van der Waals surface area contributed by atoms with Gasteiger partial charge in [0.1, 0.15) is 0 Å². The molecule has 1 saturated carbocycles. The van der Waals surface area contributed by atoms with Crippen LogP contribution in [0, 0.1) is 5.92 Å². The zero-order chi connectivity index (χ0) is 14.2. The van der Waals surface area contributed by atoms with Gasteiger partial charge in [-0.15, -0.1) is 0 Å². The highest BCUT2D eigenvalue weighted by Crippen LogP contribution is 2.25. The lowest BCUT2D eigenvalue weighted by atomic mass is 9.80. The minimum absolute atomic E-state index is 0.306. The standard InChI is InChI=1S/C16H26BNO2/c19-17(20)12-15-8-4-5-9-16(15)13-18-11-10-14-6-2-1-3-7-14/h4-5,8-9,14,18-20H,1-3,6-7,10-13H2. The summed E-state index contributed by atoms with van der Waals surface area (Å²) in [6.45, 7) is 1.87. The van der Waals surface area contributed by atoms with Gasteiger partial charge in [-0.25, -0.2) is 0 Å². The Labute approximate surface area is 122 Å². The molecule has 0 saturated heterocycles. The van der Waals surface area contributed by atoms with E-state index in [1.165, 1.54) is 44.1 Å². The van der Waals surface area contributed by atoms with Crippen LogP contribution in [0.5, 0.6) is 0 Å². The maximum atomic E-state index is 9.11. The smallest absolute Gasteiger partial charge is 0.427 e. The predicted molar refractivity (Wildman–Crippen MR) is 83.2 cm³/mol. The molecule has 4 heteroatoms. The Kier molecular flexibility index (Phi) is 6.57. The van der Waals surface area contributed by atoms with Gasteiger partial charge in [0.05, 0.1) is 0 Å². The van der Waals surface area contributed by atoms with E-state index in [4.69, 9.17) is 10.0 Å². The van der Waals surface area contributed by atoms with E-state index in [0.717, 1.165) is 24.6 Å². The molecule has 110 valence electrons. The van der Waals surface area contributed by atoms with E-state index >= 15 is 0 Å². The summed E-state index contributed by atoms with van der Waals surface area (Å²) >= 11 is 0. The highest BCUT2D eigenvalue weighted by atomic mass is 16.4. The fourth-order valence-corrected chi connectivity index (χ4v) is 3.13. The molecule has 0 heterocycles. The number of rotatable bonds is 7. The summed E-state index contributed by atoms with van der Waals surface area (Å²) in [5, 5.41) is 21.7. The molecule has 2 rings (SSSR count). The van der Waals surface area contributed by atoms with Crippen LogP contribution in [0.25, 0.3) is 0 Å². The van der Waals surface area contributed by atoms with Crippen molar-refractivity contribution in [3.63, 3.8) is 0 Å². The Morgan fingerprint density at radius 1 is 1.05 bits per heavy atom. The SMILES string of the molecule is OB(O)Cc1ccccc1CNCCC1CCCCC1. The van der Waals surface area contributed by atoms with E-state index in [1.807, 2.05) is 18.2 Å². The minimum atomic E-state index is -1.27. The fourth-order valence-electron chi connectivity index (χ4n) is 3.13. The van der Waals surface area contributed by atoms with E-state index < -0.39 is 7.12 Å². The van der Waals surface area contributed by atoms with Gasteiger partial charge in [0.15, 0.2) is 0 Å². The van der Waals surface area contributed by atoms with Crippen molar-refractivity contribution in [2.75, 3.05) is 6.54 Å². The molecule has 1 fully saturated rings. The molecule has 1 aromatic carbocycles. The third-order valence-electron chi connectivity index (χ3n) is 4.29. The topological polar surface area (TPSA) is 52.5 Å². The first-order valence-electron chi connectivity index (χ1n) is 7.89. The summed E-state index contributed by atoms with van der Waals surface area (Å²) in [6, 6.07) is 7.98. The van der Waals surface area contributed by atoms with Crippen LogP contribution < -0.4 is 5.32 Å². The lowest BCUT2D eigenvalue weighted by molar-refractivity contribution is 0.334. The number of nitrogens with one attached hydrogen (secondary N) is 1. The molecule has 20 heavy (non-hydrogen) atoms. The van der Waals surface area contributed by atoms with Crippen LogP contribution in [0.1, 0.15) is 49.7 Å². The summed E-state index contributed by atoms with van der Waals surface area (Å²) < 4.78 is 0. The minimum Gasteiger partial charge on any atom is -0.427 e. The molecule has 0 spiro atoms. The largest absolute Gasteiger partial charge is 0.456 e. The first-order chi connectivity index (χ1) is 9.75. The molecule has 1 aliphatic carbocycles. The monoisotopic (exact) mass is 275 g/mol. The molecule has 3 N–H and O–H groups in total. The van der Waals surface area contributed by atoms with Gasteiger partial charge in [0.25, 0.3) is 0 Å². The van der Waals surface area contributed by atoms with E-state index in [0.29, 0.717) is 6.32 Å². The van der Waals surface area contributed by atoms with Crippen LogP contribution in [-0.4, -0.2) is 23.7 Å². The third-order valence-corrected chi connectivity index (χ3v) is 4.29. The van der Waals surface area contributed by atoms with Gasteiger partial charge in [-0.1, -0.05) is 56.4 Å². The van der Waals surface area contributed by atoms with Gasteiger partial charge >= 0.3 is 7.12 Å². The van der Waals surface area contributed by atoms with Crippen molar-refractivity contribution in [2.24, 2.45) is 5.92 Å². The van der Waals surface area contributed by atoms with Crippen molar-refractivity contribution in [1.82, 2.24) is 5.32 Å². The Hall–Kier alpha value is -0.835. The van der Waals surface area contributed by atoms with Crippen LogP contribution >= 0.6 is 0 Å². The van der Waals surface area contributed by atoms with Crippen LogP contribution in [-0.2, 0) is 12.9 Å². The molecule has 0 unspecified atom stereocenters. The average molecular weight is 275 g/mol. The summed E-state index contributed by atoms with van der Waals surface area (Å²) in [6.07, 6.45) is 8.60. The highest BCUT2D eigenvalue weighted by Gasteiger charge is 2.13. The fraction of sp³-hybridized carbons (Fsp3) is 0.625. The first-order valence-corrected chi connectivity index (χ1v) is 7.89. The van der Waals surface area contributed by atoms with E-state index in [2.05, 4.69) is 11.4 Å². The van der Waals surface area contributed by atoms with Crippen LogP contribution in [0.15, 0.2) is 24.3 Å². The van der Waals surface area contributed by atoms with Crippen molar-refractivity contribution in [2.45, 2.75) is 51.4 Å². The summed E-state index contributed by atoms with van der Waals surface area (Å²) in [5.41, 5.74) is 2.19. The highest BCUT2D eigenvalue weighted by molar-refractivity contribution is 6.40. The molecule has 1 aromatic rings. The Bertz CT molecular complexity index is 392. The normalized spacial score (nSPS) is 16.3. The van der Waals surface area contributed by atoms with Gasteiger partial charge in [-0.3, -0.25) is 0 Å². The Balaban J connectivity index is 1.73. The average Bonchev–Trinajstić information content (AvgIpc) is 2.46. The molecule has 0 amide bonds. The predicted octanol–water partition coefficient (Wildman–Crippen LogP) is 2.30. The molecule has 0 aliphatic heterocycles. The van der Waals surface area contributed by atoms with Crippen molar-refractivity contribution in [3.8, 4) is 0 Å². The van der Waals surface area contributed by atoms with Crippen molar-refractivity contribution in [1.29, 1.82) is 0 Å². The lowest BCUT2D eigenvalue weighted by Gasteiger charge is -2.21. The summed E-state index contributed by atoms with van der Waals surface area (Å²) in [5.74, 6) is 0.908. The molecule has 0 radical (unpaired) electrons. The Morgan fingerprint density at radius 2 is 1.75 bits per heavy atom. The lowest BCUT2D eigenvalue weighted by Crippen LogP contribution is -2.21. The second kappa shape index (κ2) is 8.45. The zero-order valence-electron chi connectivity index (χ0n) is 12.2. The molecular formula is C16H26BNO2. The molecule has 0 atom stereocenters. The van der Waals surface area contributed by atoms with Crippen LogP contribution in [0.4, 0.5) is 0 Å². The molecule has 0 bridgehead atoms. The molecular weight excluding hydrogens is 249 g/mol. The maximum Gasteiger partial charge on any atom is 0.456 e. The van der Waals surface area contributed by atoms with Crippen molar-refractivity contribution >= 4 is 7.12 Å². The van der Waals surface area contributed by atoms with Gasteiger partial charge in [-0.05, 0) is 30.0 Å². The third kappa shape index (κ3) is 5.27. The number of hydrogen-bond acceptors (Lipinski definition) is 3. The number of benzene rings is 1. The molecule has 1 aliphatic rings. The summed E-state index contributed by atoms with van der Waals surface area (Å²) in [4.78, 5) is 0. The molecule has 3 nitrogen and oxygen atoms in total. The number of hydrogen-bond donors (Lipinski definition) is 3. The van der Waals surface area contributed by atoms with Gasteiger partial charge in [-0.2, -0.15) is 0 Å². The van der Waals surface area contributed by atoms with Crippen molar-refractivity contribution < 1.29 is 10.0 Å². The van der Waals surface area contributed by atoms with E-state index in [-0.39, 0.29) is 0 Å². The van der Waals surface area contributed by atoms with Crippen LogP contribution in [0.2, 0.25) is 0 Å². The maximum absolute atomic E-state index is 9.11. The summed E-state index contributed by atoms with van der Waals surface area (Å²) in [7, 11) is -1.27. The van der Waals surface area contributed by atoms with Crippen LogP contribution in [0.3, 0.4) is 0 Å². The van der Waals surface area contributed by atoms with Gasteiger partial charge in [0.2, 0.25) is 0 Å². The van der Waals surface area contributed by atoms with E-state index in [9.17, 15) is 0 Å². The van der Waals surface area contributed by atoms with Gasteiger partial charge in [0, 0.05) is 12.9 Å². The van der Waals surface area contributed by atoms with Gasteiger partial charge < -0.3 is 15.4 Å². The Morgan fingerprint density at radius 3 is 2.45 bits per heavy atom. The first kappa shape index (κ1) is 15.6. The second-order valence-electron chi connectivity index (χ2n) is 5.92. The molecule has 0 aromatic heterocycles. The second-order valence-corrected chi connectivity index (χ2v) is 5.92. The quantitative estimate of drug-likeness (QED) is 0.528. The van der Waals surface area contributed by atoms with Crippen molar-refractivity contribution in [3.05, 3.63) is 35.4 Å².